The van der Waals surface area contributed by atoms with Crippen molar-refractivity contribution in [3.05, 3.63) is 0 Å². The maximum atomic E-state index is 9.63. The molecule has 2 N–H and O–H groups in total. The first-order valence-electron chi connectivity index (χ1n) is 5.60. The van der Waals surface area contributed by atoms with E-state index in [1.807, 2.05) is 0 Å². The van der Waals surface area contributed by atoms with Crippen molar-refractivity contribution in [3.63, 3.8) is 0 Å². The second-order valence-electron chi connectivity index (χ2n) is 5.21. The van der Waals surface area contributed by atoms with E-state index in [0.717, 1.165) is 6.42 Å². The van der Waals surface area contributed by atoms with Gasteiger partial charge in [-0.2, -0.15) is 0 Å². The van der Waals surface area contributed by atoms with E-state index in [0.29, 0.717) is 25.4 Å². The van der Waals surface area contributed by atoms with E-state index in [-0.39, 0.29) is 17.6 Å². The number of hydrogen-bond donors (Lipinski definition) is 2. The Morgan fingerprint density at radius 3 is 2.60 bits per heavy atom. The van der Waals surface area contributed by atoms with Crippen molar-refractivity contribution in [1.82, 2.24) is 5.32 Å². The number of nitrogens with one attached hydrogen (secondary N) is 1. The lowest BCUT2D eigenvalue weighted by Crippen LogP contribution is -2.63. The maximum Gasteiger partial charge on any atom is 0.0948 e. The lowest BCUT2D eigenvalue weighted by Gasteiger charge is -2.52. The third-order valence-electron chi connectivity index (χ3n) is 3.93. The first-order chi connectivity index (χ1) is 7.05. The molecule has 2 fully saturated rings. The van der Waals surface area contributed by atoms with Gasteiger partial charge in [0.1, 0.15) is 0 Å². The number of methoxy groups -OCH3 is 1. The average Bonchev–Trinajstić information content (AvgIpc) is 2.58. The van der Waals surface area contributed by atoms with Gasteiger partial charge in [-0.25, -0.2) is 0 Å². The molecule has 0 radical (unpaired) electrons. The molecule has 4 atom stereocenters. The molecule has 15 heavy (non-hydrogen) atoms. The molecule has 1 heterocycles. The molecule has 0 aromatic rings. The van der Waals surface area contributed by atoms with Crippen molar-refractivity contribution in [2.75, 3.05) is 20.3 Å². The highest BCUT2D eigenvalue weighted by molar-refractivity contribution is 5.04. The van der Waals surface area contributed by atoms with Crippen molar-refractivity contribution >= 4 is 0 Å². The summed E-state index contributed by atoms with van der Waals surface area (Å²) in [6, 6.07) is 0.510. The van der Waals surface area contributed by atoms with Gasteiger partial charge >= 0.3 is 0 Å². The minimum absolute atomic E-state index is 0.0899. The minimum Gasteiger partial charge on any atom is -0.389 e. The van der Waals surface area contributed by atoms with Crippen LogP contribution in [0.5, 0.6) is 0 Å². The molecule has 88 valence electrons. The molecular weight excluding hydrogens is 194 g/mol. The van der Waals surface area contributed by atoms with Crippen LogP contribution in [-0.2, 0) is 9.47 Å². The molecule has 0 aromatic carbocycles. The van der Waals surface area contributed by atoms with Crippen LogP contribution in [0.2, 0.25) is 0 Å². The van der Waals surface area contributed by atoms with Crippen LogP contribution in [0.1, 0.15) is 20.3 Å². The van der Waals surface area contributed by atoms with E-state index < -0.39 is 0 Å². The molecule has 0 bridgehead atoms. The van der Waals surface area contributed by atoms with Crippen molar-refractivity contribution in [2.45, 2.75) is 44.6 Å². The Morgan fingerprint density at radius 2 is 2.13 bits per heavy atom. The third-order valence-corrected chi connectivity index (χ3v) is 3.93. The number of aliphatic hydroxyl groups is 1. The van der Waals surface area contributed by atoms with E-state index >= 15 is 0 Å². The Bertz CT molecular complexity index is 232. The summed E-state index contributed by atoms with van der Waals surface area (Å²) in [5.74, 6) is 0. The van der Waals surface area contributed by atoms with Crippen molar-refractivity contribution in [3.8, 4) is 0 Å². The predicted octanol–water partition coefficient (Wildman–Crippen LogP) is 0.149. The fourth-order valence-electron chi connectivity index (χ4n) is 2.53. The maximum absolute atomic E-state index is 9.63. The molecular formula is C11H21NO3. The van der Waals surface area contributed by atoms with Crippen LogP contribution >= 0.6 is 0 Å². The summed E-state index contributed by atoms with van der Waals surface area (Å²) in [5.41, 5.74) is 0.150. The first kappa shape index (κ1) is 11.3. The molecule has 1 aliphatic heterocycles. The van der Waals surface area contributed by atoms with E-state index in [1.54, 1.807) is 7.11 Å². The molecule has 0 amide bonds. The summed E-state index contributed by atoms with van der Waals surface area (Å²) < 4.78 is 10.6. The molecule has 1 saturated carbocycles. The molecule has 2 aliphatic rings. The Labute approximate surface area is 90.9 Å². The van der Waals surface area contributed by atoms with E-state index in [1.165, 1.54) is 0 Å². The zero-order valence-electron chi connectivity index (χ0n) is 9.69. The summed E-state index contributed by atoms with van der Waals surface area (Å²) in [7, 11) is 1.76. The average molecular weight is 215 g/mol. The molecule has 0 spiro atoms. The van der Waals surface area contributed by atoms with Gasteiger partial charge in [-0.3, -0.25) is 0 Å². The molecule has 4 nitrogen and oxygen atoms in total. The smallest absolute Gasteiger partial charge is 0.0948 e. The lowest BCUT2D eigenvalue weighted by molar-refractivity contribution is -0.102. The molecule has 2 rings (SSSR count). The van der Waals surface area contributed by atoms with E-state index in [2.05, 4.69) is 19.2 Å². The number of aliphatic hydroxyl groups excluding tert-OH is 1. The third kappa shape index (κ3) is 1.91. The van der Waals surface area contributed by atoms with E-state index in [9.17, 15) is 5.11 Å². The summed E-state index contributed by atoms with van der Waals surface area (Å²) in [4.78, 5) is 0. The standard InChI is InChI=1S/C11H21NO3/c1-11(2)9(4-10(11)14-3)12-7-5-15-6-8(7)13/h7-10,12-13H,4-6H2,1-3H3. The summed E-state index contributed by atoms with van der Waals surface area (Å²) in [6.45, 7) is 5.47. The quantitative estimate of drug-likeness (QED) is 0.703. The van der Waals surface area contributed by atoms with Crippen molar-refractivity contribution < 1.29 is 14.6 Å². The van der Waals surface area contributed by atoms with Crippen LogP contribution in [0.25, 0.3) is 0 Å². The SMILES string of the molecule is COC1CC(NC2COCC2O)C1(C)C. The van der Waals surface area contributed by atoms with Gasteiger partial charge in [-0.05, 0) is 6.42 Å². The predicted molar refractivity (Wildman–Crippen MR) is 56.7 cm³/mol. The fourth-order valence-corrected chi connectivity index (χ4v) is 2.53. The van der Waals surface area contributed by atoms with Crippen LogP contribution in [0.15, 0.2) is 0 Å². The van der Waals surface area contributed by atoms with Gasteiger partial charge < -0.3 is 19.9 Å². The molecule has 4 unspecified atom stereocenters. The molecule has 4 heteroatoms. The van der Waals surface area contributed by atoms with Gasteiger partial charge in [0.25, 0.3) is 0 Å². The summed E-state index contributed by atoms with van der Waals surface area (Å²) in [6.07, 6.45) is 0.990. The lowest BCUT2D eigenvalue weighted by atomic mass is 9.64. The Balaban J connectivity index is 1.86. The summed E-state index contributed by atoms with van der Waals surface area (Å²) >= 11 is 0. The van der Waals surface area contributed by atoms with Crippen LogP contribution < -0.4 is 5.32 Å². The Kier molecular flexibility index (Phi) is 3.03. The van der Waals surface area contributed by atoms with Crippen molar-refractivity contribution in [2.24, 2.45) is 5.41 Å². The molecule has 1 saturated heterocycles. The fraction of sp³-hybridized carbons (Fsp3) is 1.00. The van der Waals surface area contributed by atoms with Crippen molar-refractivity contribution in [1.29, 1.82) is 0 Å². The Hall–Kier alpha value is -0.160. The van der Waals surface area contributed by atoms with Gasteiger partial charge in [0.15, 0.2) is 0 Å². The van der Waals surface area contributed by atoms with Gasteiger partial charge in [0, 0.05) is 18.6 Å². The van der Waals surface area contributed by atoms with E-state index in [4.69, 9.17) is 9.47 Å². The normalized spacial score (nSPS) is 44.0. The van der Waals surface area contributed by atoms with Gasteiger partial charge in [-0.1, -0.05) is 13.8 Å². The minimum atomic E-state index is -0.359. The van der Waals surface area contributed by atoms with Gasteiger partial charge in [-0.15, -0.1) is 0 Å². The monoisotopic (exact) mass is 215 g/mol. The van der Waals surface area contributed by atoms with Gasteiger partial charge in [0.05, 0.1) is 31.5 Å². The Morgan fingerprint density at radius 1 is 1.40 bits per heavy atom. The number of rotatable bonds is 3. The largest absolute Gasteiger partial charge is 0.389 e. The second-order valence-corrected chi connectivity index (χ2v) is 5.21. The van der Waals surface area contributed by atoms with Crippen LogP contribution in [-0.4, -0.2) is 49.7 Å². The highest BCUT2D eigenvalue weighted by atomic mass is 16.5. The zero-order valence-corrected chi connectivity index (χ0v) is 9.69. The summed E-state index contributed by atoms with van der Waals surface area (Å²) in [5, 5.41) is 13.1. The number of hydrogen-bond acceptors (Lipinski definition) is 4. The second kappa shape index (κ2) is 4.01. The highest BCUT2D eigenvalue weighted by Crippen LogP contribution is 2.42. The number of ether oxygens (including phenoxy) is 2. The van der Waals surface area contributed by atoms with Gasteiger partial charge in [0.2, 0.25) is 0 Å². The highest BCUT2D eigenvalue weighted by Gasteiger charge is 2.49. The molecule has 1 aliphatic carbocycles. The molecule has 0 aromatic heterocycles. The van der Waals surface area contributed by atoms with Crippen LogP contribution in [0, 0.1) is 5.41 Å². The van der Waals surface area contributed by atoms with Crippen LogP contribution in [0.3, 0.4) is 0 Å². The van der Waals surface area contributed by atoms with Crippen LogP contribution in [0.4, 0.5) is 0 Å². The first-order valence-corrected chi connectivity index (χ1v) is 5.60. The zero-order chi connectivity index (χ0) is 11.1. The topological polar surface area (TPSA) is 50.7 Å².